The minimum atomic E-state index is -0.247. The van der Waals surface area contributed by atoms with Gasteiger partial charge in [-0.1, -0.05) is 72.8 Å². The molecule has 30 heavy (non-hydrogen) atoms. The number of aromatic nitrogens is 2. The average Bonchev–Trinajstić information content (AvgIpc) is 3.14. The van der Waals surface area contributed by atoms with E-state index in [0.717, 1.165) is 22.2 Å². The van der Waals surface area contributed by atoms with Crippen LogP contribution in [0.2, 0.25) is 0 Å². The number of carbonyl (C=O) groups is 1. The summed E-state index contributed by atoms with van der Waals surface area (Å²) in [7, 11) is 0. The second-order valence-electron chi connectivity index (χ2n) is 6.98. The highest BCUT2D eigenvalue weighted by Crippen LogP contribution is 2.23. The summed E-state index contributed by atoms with van der Waals surface area (Å²) in [6.07, 6.45) is 0. The number of benzene rings is 3. The standard InChI is InChI=1S/C24H24N4O2/c29-16-15-25-24-26-20-13-7-8-14-21(20)28(24)17-22(30)27-23(18-9-3-1-4-10-18)19-11-5-2-6-12-19/h1-14,23,29H,15-17H2,(H,25,26)(H,27,30). The molecular weight excluding hydrogens is 376 g/mol. The maximum absolute atomic E-state index is 13.1. The summed E-state index contributed by atoms with van der Waals surface area (Å²) in [6, 6.07) is 27.3. The number of anilines is 1. The monoisotopic (exact) mass is 400 g/mol. The molecule has 3 aromatic carbocycles. The molecule has 0 atom stereocenters. The number of nitrogens with zero attached hydrogens (tertiary/aromatic N) is 2. The van der Waals surface area contributed by atoms with E-state index >= 15 is 0 Å². The predicted octanol–water partition coefficient (Wildman–Crippen LogP) is 3.35. The zero-order chi connectivity index (χ0) is 20.8. The van der Waals surface area contributed by atoms with Gasteiger partial charge in [0, 0.05) is 6.54 Å². The van der Waals surface area contributed by atoms with Crippen molar-refractivity contribution in [2.75, 3.05) is 18.5 Å². The normalized spacial score (nSPS) is 11.0. The van der Waals surface area contributed by atoms with E-state index in [0.29, 0.717) is 12.5 Å². The molecule has 0 bridgehead atoms. The fourth-order valence-electron chi connectivity index (χ4n) is 3.54. The van der Waals surface area contributed by atoms with E-state index in [1.54, 1.807) is 0 Å². The first-order valence-corrected chi connectivity index (χ1v) is 9.95. The van der Waals surface area contributed by atoms with Gasteiger partial charge in [-0.25, -0.2) is 4.98 Å². The summed E-state index contributed by atoms with van der Waals surface area (Å²) >= 11 is 0. The van der Waals surface area contributed by atoms with Crippen molar-refractivity contribution in [3.8, 4) is 0 Å². The SMILES string of the molecule is O=C(Cn1c(NCCO)nc2ccccc21)NC(c1ccccc1)c1ccccc1. The van der Waals surface area contributed by atoms with Crippen LogP contribution in [0.5, 0.6) is 0 Å². The van der Waals surface area contributed by atoms with Crippen LogP contribution >= 0.6 is 0 Å². The Labute approximate surface area is 175 Å². The molecule has 1 heterocycles. The van der Waals surface area contributed by atoms with Gasteiger partial charge in [0.25, 0.3) is 0 Å². The maximum Gasteiger partial charge on any atom is 0.240 e. The minimum absolute atomic E-state index is 0.0144. The second kappa shape index (κ2) is 9.24. The summed E-state index contributed by atoms with van der Waals surface area (Å²) < 4.78 is 1.84. The lowest BCUT2D eigenvalue weighted by atomic mass is 9.99. The van der Waals surface area contributed by atoms with Gasteiger partial charge in [-0.05, 0) is 23.3 Å². The van der Waals surface area contributed by atoms with Crippen LogP contribution in [0.15, 0.2) is 84.9 Å². The van der Waals surface area contributed by atoms with Crippen molar-refractivity contribution in [3.05, 3.63) is 96.1 Å². The van der Waals surface area contributed by atoms with Crippen LogP contribution in [-0.2, 0) is 11.3 Å². The third kappa shape index (κ3) is 4.34. The van der Waals surface area contributed by atoms with Crippen molar-refractivity contribution >= 4 is 22.9 Å². The van der Waals surface area contributed by atoms with E-state index in [2.05, 4.69) is 15.6 Å². The van der Waals surface area contributed by atoms with Gasteiger partial charge < -0.3 is 20.3 Å². The van der Waals surface area contributed by atoms with Crippen LogP contribution in [0.1, 0.15) is 17.2 Å². The van der Waals surface area contributed by atoms with Gasteiger partial charge in [0.1, 0.15) is 6.54 Å². The molecule has 3 N–H and O–H groups in total. The quantitative estimate of drug-likeness (QED) is 0.424. The Hall–Kier alpha value is -3.64. The summed E-state index contributed by atoms with van der Waals surface area (Å²) in [5, 5.41) is 15.4. The molecular formula is C24H24N4O2. The Balaban J connectivity index is 1.61. The van der Waals surface area contributed by atoms with E-state index < -0.39 is 0 Å². The molecule has 0 radical (unpaired) electrons. The van der Waals surface area contributed by atoms with Crippen molar-refractivity contribution in [1.82, 2.24) is 14.9 Å². The Morgan fingerprint density at radius 2 is 1.50 bits per heavy atom. The van der Waals surface area contributed by atoms with Crippen LogP contribution < -0.4 is 10.6 Å². The molecule has 0 unspecified atom stereocenters. The number of fused-ring (bicyclic) bond motifs is 1. The fourth-order valence-corrected chi connectivity index (χ4v) is 3.54. The number of amides is 1. The van der Waals surface area contributed by atoms with Crippen molar-refractivity contribution in [2.45, 2.75) is 12.6 Å². The molecule has 0 saturated heterocycles. The molecule has 0 saturated carbocycles. The third-order valence-electron chi connectivity index (χ3n) is 4.92. The highest BCUT2D eigenvalue weighted by molar-refractivity contribution is 5.83. The fraction of sp³-hybridized carbons (Fsp3) is 0.167. The van der Waals surface area contributed by atoms with Gasteiger partial charge in [-0.2, -0.15) is 0 Å². The number of aliphatic hydroxyl groups is 1. The van der Waals surface area contributed by atoms with Crippen molar-refractivity contribution in [3.63, 3.8) is 0 Å². The summed E-state index contributed by atoms with van der Waals surface area (Å²) in [6.45, 7) is 0.464. The van der Waals surface area contributed by atoms with Crippen LogP contribution in [-0.4, -0.2) is 33.7 Å². The molecule has 6 heteroatoms. The molecule has 0 aliphatic carbocycles. The molecule has 1 aromatic heterocycles. The molecule has 0 spiro atoms. The first-order chi connectivity index (χ1) is 14.8. The van der Waals surface area contributed by atoms with Crippen molar-refractivity contribution < 1.29 is 9.90 Å². The molecule has 1 amide bonds. The highest BCUT2D eigenvalue weighted by atomic mass is 16.3. The third-order valence-corrected chi connectivity index (χ3v) is 4.92. The van der Waals surface area contributed by atoms with Crippen LogP contribution in [0.4, 0.5) is 5.95 Å². The van der Waals surface area contributed by atoms with E-state index in [1.807, 2.05) is 89.5 Å². The first kappa shape index (κ1) is 19.7. The van der Waals surface area contributed by atoms with Gasteiger partial charge in [-0.3, -0.25) is 4.79 Å². The predicted molar refractivity (Wildman–Crippen MR) is 118 cm³/mol. The number of hydrogen-bond donors (Lipinski definition) is 3. The lowest BCUT2D eigenvalue weighted by molar-refractivity contribution is -0.122. The highest BCUT2D eigenvalue weighted by Gasteiger charge is 2.19. The van der Waals surface area contributed by atoms with Crippen LogP contribution in [0, 0.1) is 0 Å². The van der Waals surface area contributed by atoms with E-state index in [4.69, 9.17) is 5.11 Å². The largest absolute Gasteiger partial charge is 0.395 e. The minimum Gasteiger partial charge on any atom is -0.395 e. The van der Waals surface area contributed by atoms with E-state index in [1.165, 1.54) is 0 Å². The van der Waals surface area contributed by atoms with Crippen LogP contribution in [0.25, 0.3) is 11.0 Å². The zero-order valence-electron chi connectivity index (χ0n) is 16.5. The number of imidazole rings is 1. The number of hydrogen-bond acceptors (Lipinski definition) is 4. The van der Waals surface area contributed by atoms with Gasteiger partial charge in [-0.15, -0.1) is 0 Å². The molecule has 0 aliphatic rings. The molecule has 152 valence electrons. The van der Waals surface area contributed by atoms with Gasteiger partial charge >= 0.3 is 0 Å². The Kier molecular flexibility index (Phi) is 6.06. The van der Waals surface area contributed by atoms with Crippen molar-refractivity contribution in [1.29, 1.82) is 0 Å². The number of carbonyl (C=O) groups excluding carboxylic acids is 1. The summed E-state index contributed by atoms with van der Waals surface area (Å²) in [5.74, 6) is 0.444. The Morgan fingerprint density at radius 3 is 2.13 bits per heavy atom. The number of aliphatic hydroxyl groups excluding tert-OH is 1. The number of para-hydroxylation sites is 2. The average molecular weight is 400 g/mol. The molecule has 4 aromatic rings. The summed E-state index contributed by atoms with van der Waals surface area (Å²) in [4.78, 5) is 17.7. The number of rotatable bonds is 8. The molecule has 0 fully saturated rings. The molecule has 4 rings (SSSR count). The first-order valence-electron chi connectivity index (χ1n) is 9.95. The summed E-state index contributed by atoms with van der Waals surface area (Å²) in [5.41, 5.74) is 3.70. The molecule has 6 nitrogen and oxygen atoms in total. The topological polar surface area (TPSA) is 79.2 Å². The van der Waals surface area contributed by atoms with Gasteiger partial charge in [0.15, 0.2) is 0 Å². The van der Waals surface area contributed by atoms with Crippen LogP contribution in [0.3, 0.4) is 0 Å². The van der Waals surface area contributed by atoms with Crippen molar-refractivity contribution in [2.24, 2.45) is 0 Å². The molecule has 0 aliphatic heterocycles. The second-order valence-corrected chi connectivity index (χ2v) is 6.98. The number of nitrogens with one attached hydrogen (secondary N) is 2. The smallest absolute Gasteiger partial charge is 0.240 e. The van der Waals surface area contributed by atoms with E-state index in [9.17, 15) is 4.79 Å². The Bertz CT molecular complexity index is 1070. The Morgan fingerprint density at radius 1 is 0.900 bits per heavy atom. The lowest BCUT2D eigenvalue weighted by Crippen LogP contribution is -2.32. The zero-order valence-corrected chi connectivity index (χ0v) is 16.5. The maximum atomic E-state index is 13.1. The van der Waals surface area contributed by atoms with E-state index in [-0.39, 0.29) is 25.1 Å². The lowest BCUT2D eigenvalue weighted by Gasteiger charge is -2.20. The van der Waals surface area contributed by atoms with Gasteiger partial charge in [0.2, 0.25) is 11.9 Å². The van der Waals surface area contributed by atoms with Gasteiger partial charge in [0.05, 0.1) is 23.7 Å².